The van der Waals surface area contributed by atoms with E-state index in [0.29, 0.717) is 0 Å². The van der Waals surface area contributed by atoms with Crippen molar-refractivity contribution in [1.82, 2.24) is 0 Å². The van der Waals surface area contributed by atoms with Gasteiger partial charge in [-0.1, -0.05) is 31.4 Å². The molecule has 0 saturated carbocycles. The number of benzene rings is 3. The zero-order chi connectivity index (χ0) is 27.7. The monoisotopic (exact) mass is 522 g/mol. The summed E-state index contributed by atoms with van der Waals surface area (Å²) in [5, 5.41) is 0. The highest BCUT2D eigenvalue weighted by Crippen LogP contribution is 2.32. The first-order valence-corrected chi connectivity index (χ1v) is 10.9. The molecule has 3 rings (SSSR count). The summed E-state index contributed by atoms with van der Waals surface area (Å²) < 4.78 is 63.6. The van der Waals surface area contributed by atoms with Crippen molar-refractivity contribution in [1.29, 1.82) is 0 Å². The van der Waals surface area contributed by atoms with Crippen molar-refractivity contribution < 1.29 is 41.7 Å². The Morgan fingerprint density at radius 3 is 1.92 bits per heavy atom. The second-order valence-electron chi connectivity index (χ2n) is 7.59. The van der Waals surface area contributed by atoms with Crippen molar-refractivity contribution in [2.24, 2.45) is 0 Å². The van der Waals surface area contributed by atoms with Gasteiger partial charge >= 0.3 is 11.9 Å². The van der Waals surface area contributed by atoms with Crippen LogP contribution in [0.3, 0.4) is 0 Å². The molecule has 0 amide bonds. The molecule has 9 heteroatoms. The van der Waals surface area contributed by atoms with Gasteiger partial charge in [0.1, 0.15) is 42.4 Å². The van der Waals surface area contributed by atoms with Crippen molar-refractivity contribution in [3.8, 4) is 33.8 Å². The molecule has 0 radical (unpaired) electrons. The van der Waals surface area contributed by atoms with E-state index >= 15 is 0 Å². The number of carbonyl (C=O) groups is 2. The number of rotatable bonds is 10. The maximum Gasteiger partial charge on any atom is 0.338 e. The molecule has 0 unspecified atom stereocenters. The van der Waals surface area contributed by atoms with Crippen molar-refractivity contribution in [3.05, 3.63) is 122 Å². The third-order valence-electron chi connectivity index (χ3n) is 4.85. The molecule has 3 aromatic carbocycles. The van der Waals surface area contributed by atoms with Gasteiger partial charge in [0, 0.05) is 28.8 Å². The molecule has 0 N–H and O–H groups in total. The summed E-state index contributed by atoms with van der Waals surface area (Å²) in [4.78, 5) is 22.3. The molecule has 0 aliphatic heterocycles. The molecule has 38 heavy (non-hydrogen) atoms. The number of esters is 2. The summed E-state index contributed by atoms with van der Waals surface area (Å²) in [6.45, 7) is 8.13. The van der Waals surface area contributed by atoms with Gasteiger partial charge in [0.25, 0.3) is 0 Å². The average Bonchev–Trinajstić information content (AvgIpc) is 2.89. The van der Waals surface area contributed by atoms with Gasteiger partial charge in [-0.15, -0.1) is 0 Å². The van der Waals surface area contributed by atoms with Gasteiger partial charge in [-0.05, 0) is 48.4 Å². The number of ether oxygens (including phenoxy) is 4. The van der Waals surface area contributed by atoms with E-state index in [1.807, 2.05) is 0 Å². The van der Waals surface area contributed by atoms with E-state index in [1.165, 1.54) is 43.3 Å². The van der Waals surface area contributed by atoms with E-state index in [0.717, 1.165) is 49.3 Å². The van der Waals surface area contributed by atoms with Crippen LogP contribution in [0.1, 0.15) is 6.92 Å². The topological polar surface area (TPSA) is 71.1 Å². The van der Waals surface area contributed by atoms with Crippen molar-refractivity contribution >= 4 is 11.9 Å². The first-order valence-electron chi connectivity index (χ1n) is 10.9. The SMILES string of the molecule is C=CC(=O)OC=COc1ccc(-c2ccc(-c3ccc(OC=COC(=O)C(=C)C)c(F)c3)c(F)c2)c(F)c1. The Morgan fingerprint density at radius 1 is 0.737 bits per heavy atom. The minimum Gasteiger partial charge on any atom is -0.462 e. The molecule has 0 spiro atoms. The smallest absolute Gasteiger partial charge is 0.338 e. The molecule has 0 bridgehead atoms. The van der Waals surface area contributed by atoms with Gasteiger partial charge < -0.3 is 18.9 Å². The van der Waals surface area contributed by atoms with Crippen LogP contribution in [0.25, 0.3) is 22.3 Å². The first-order chi connectivity index (χ1) is 18.2. The summed E-state index contributed by atoms with van der Waals surface area (Å²) in [5.74, 6) is -3.56. The van der Waals surface area contributed by atoms with Crippen molar-refractivity contribution in [2.75, 3.05) is 0 Å². The fourth-order valence-electron chi connectivity index (χ4n) is 3.02. The molecule has 3 aromatic rings. The van der Waals surface area contributed by atoms with Crippen LogP contribution < -0.4 is 9.47 Å². The summed E-state index contributed by atoms with van der Waals surface area (Å²) in [6, 6.07) is 11.8. The highest BCUT2D eigenvalue weighted by Gasteiger charge is 2.13. The minimum absolute atomic E-state index is 0.0877. The summed E-state index contributed by atoms with van der Waals surface area (Å²) >= 11 is 0. The number of halogens is 3. The fraction of sp³-hybridized carbons (Fsp3) is 0.0345. The molecule has 0 aliphatic rings. The minimum atomic E-state index is -0.781. The van der Waals surface area contributed by atoms with Gasteiger partial charge in [-0.25, -0.2) is 22.8 Å². The van der Waals surface area contributed by atoms with Crippen molar-refractivity contribution in [2.45, 2.75) is 6.92 Å². The zero-order valence-electron chi connectivity index (χ0n) is 20.1. The maximum absolute atomic E-state index is 14.9. The molecule has 0 fully saturated rings. The number of hydrogen-bond donors (Lipinski definition) is 0. The Labute approximate surface area is 216 Å². The maximum atomic E-state index is 14.9. The average molecular weight is 522 g/mol. The Bertz CT molecular complexity index is 1440. The lowest BCUT2D eigenvalue weighted by atomic mass is 9.99. The van der Waals surface area contributed by atoms with Gasteiger partial charge in [-0.3, -0.25) is 0 Å². The van der Waals surface area contributed by atoms with E-state index in [9.17, 15) is 22.8 Å². The fourth-order valence-corrected chi connectivity index (χ4v) is 3.02. The summed E-state index contributed by atoms with van der Waals surface area (Å²) in [6.07, 6.45) is 4.92. The van der Waals surface area contributed by atoms with Gasteiger partial charge in [0.15, 0.2) is 11.6 Å². The lowest BCUT2D eigenvalue weighted by Gasteiger charge is -2.10. The molecule has 6 nitrogen and oxygen atoms in total. The van der Waals surface area contributed by atoms with Crippen LogP contribution in [0.4, 0.5) is 13.2 Å². The Kier molecular flexibility index (Phi) is 9.26. The van der Waals surface area contributed by atoms with Gasteiger partial charge in [0.05, 0.1) is 0 Å². The second kappa shape index (κ2) is 12.8. The molecule has 0 heterocycles. The highest BCUT2D eigenvalue weighted by molar-refractivity contribution is 5.87. The van der Waals surface area contributed by atoms with Crippen LogP contribution in [0, 0.1) is 17.5 Å². The molecule has 194 valence electrons. The second-order valence-corrected chi connectivity index (χ2v) is 7.59. The number of hydrogen-bond acceptors (Lipinski definition) is 6. The standard InChI is InChI=1S/C29H21F3O6/c1-4-28(33)37-13-11-35-21-7-9-23(25(31)17-21)19-5-8-22(24(30)15-19)20-6-10-27(26(32)16-20)36-12-14-38-29(34)18(2)3/h4-17H,1-2H2,3H3. The predicted octanol–water partition coefficient (Wildman–Crippen LogP) is 6.99. The van der Waals surface area contributed by atoms with Crippen LogP contribution in [-0.2, 0) is 19.1 Å². The highest BCUT2D eigenvalue weighted by atomic mass is 19.1. The molecule has 0 saturated heterocycles. The van der Waals surface area contributed by atoms with Crippen LogP contribution in [0.15, 0.2) is 104 Å². The lowest BCUT2D eigenvalue weighted by molar-refractivity contribution is -0.134. The van der Waals surface area contributed by atoms with E-state index in [1.54, 1.807) is 0 Å². The van der Waals surface area contributed by atoms with E-state index in [4.69, 9.17) is 14.2 Å². The Hall–Kier alpha value is -5.05. The Balaban J connectivity index is 1.71. The van der Waals surface area contributed by atoms with Crippen LogP contribution in [0.2, 0.25) is 0 Å². The normalized spacial score (nSPS) is 10.8. The summed E-state index contributed by atoms with van der Waals surface area (Å²) in [7, 11) is 0. The van der Waals surface area contributed by atoms with Gasteiger partial charge in [0.2, 0.25) is 0 Å². The lowest BCUT2D eigenvalue weighted by Crippen LogP contribution is -1.99. The first kappa shape index (κ1) is 27.5. The van der Waals surface area contributed by atoms with E-state index in [-0.39, 0.29) is 39.3 Å². The molecule has 0 aromatic heterocycles. The third kappa shape index (κ3) is 7.23. The third-order valence-corrected chi connectivity index (χ3v) is 4.85. The summed E-state index contributed by atoms with van der Waals surface area (Å²) in [5.41, 5.74) is 0.860. The van der Waals surface area contributed by atoms with E-state index in [2.05, 4.69) is 17.9 Å². The quantitative estimate of drug-likeness (QED) is 0.162. The Morgan fingerprint density at radius 2 is 1.32 bits per heavy atom. The largest absolute Gasteiger partial charge is 0.462 e. The van der Waals surface area contributed by atoms with Crippen LogP contribution in [0.5, 0.6) is 11.5 Å². The molecule has 0 atom stereocenters. The van der Waals surface area contributed by atoms with Crippen molar-refractivity contribution in [3.63, 3.8) is 0 Å². The number of carbonyl (C=O) groups excluding carboxylic acids is 2. The van der Waals surface area contributed by atoms with Crippen LogP contribution in [-0.4, -0.2) is 11.9 Å². The molecular weight excluding hydrogens is 501 g/mol. The molecular formula is C29H21F3O6. The van der Waals surface area contributed by atoms with E-state index < -0.39 is 29.4 Å². The predicted molar refractivity (Wildman–Crippen MR) is 134 cm³/mol. The van der Waals surface area contributed by atoms with Crippen LogP contribution >= 0.6 is 0 Å². The zero-order valence-corrected chi connectivity index (χ0v) is 20.1. The van der Waals surface area contributed by atoms with Gasteiger partial charge in [-0.2, -0.15) is 0 Å². The molecule has 0 aliphatic carbocycles.